The second-order valence-electron chi connectivity index (χ2n) is 5.61. The lowest BCUT2D eigenvalue weighted by Crippen LogP contribution is -2.34. The predicted octanol–water partition coefficient (Wildman–Crippen LogP) is 2.67. The Kier molecular flexibility index (Phi) is 7.44. The van der Waals surface area contributed by atoms with Crippen LogP contribution >= 0.6 is 11.6 Å². The molecule has 2 aromatic carbocycles. The molecule has 6 heteroatoms. The van der Waals surface area contributed by atoms with E-state index in [1.807, 2.05) is 30.3 Å². The number of amides is 2. The minimum atomic E-state index is -0.442. The Bertz CT molecular complexity index is 707. The van der Waals surface area contributed by atoms with Crippen LogP contribution in [0.4, 0.5) is 0 Å². The second kappa shape index (κ2) is 9.81. The van der Waals surface area contributed by atoms with Crippen molar-refractivity contribution < 1.29 is 9.59 Å². The minimum absolute atomic E-state index is 0.137. The van der Waals surface area contributed by atoms with E-state index in [-0.39, 0.29) is 18.2 Å². The van der Waals surface area contributed by atoms with Gasteiger partial charge in [-0.3, -0.25) is 9.59 Å². The zero-order chi connectivity index (χ0) is 18.1. The number of benzene rings is 2. The van der Waals surface area contributed by atoms with E-state index < -0.39 is 6.04 Å². The number of halogens is 1. The molecule has 5 nitrogen and oxygen atoms in total. The zero-order valence-corrected chi connectivity index (χ0v) is 14.6. The molecule has 132 valence electrons. The topological polar surface area (TPSA) is 84.2 Å². The highest BCUT2D eigenvalue weighted by atomic mass is 35.5. The van der Waals surface area contributed by atoms with Gasteiger partial charge in [-0.25, -0.2) is 0 Å². The average molecular weight is 360 g/mol. The van der Waals surface area contributed by atoms with Gasteiger partial charge in [0, 0.05) is 6.54 Å². The van der Waals surface area contributed by atoms with E-state index in [4.69, 9.17) is 17.3 Å². The first kappa shape index (κ1) is 19.0. The molecular formula is C19H22ClN3O2. The molecule has 2 amide bonds. The molecule has 0 aliphatic rings. The maximum Gasteiger partial charge on any atom is 0.253 e. The number of rotatable bonds is 8. The van der Waals surface area contributed by atoms with Gasteiger partial charge in [-0.2, -0.15) is 0 Å². The number of nitrogens with two attached hydrogens (primary N) is 1. The second-order valence-corrected chi connectivity index (χ2v) is 6.02. The molecule has 0 bridgehead atoms. The number of carbonyl (C=O) groups is 2. The van der Waals surface area contributed by atoms with Crippen molar-refractivity contribution in [1.82, 2.24) is 10.6 Å². The van der Waals surface area contributed by atoms with Crippen molar-refractivity contribution in [2.45, 2.75) is 18.9 Å². The molecule has 4 N–H and O–H groups in total. The third-order valence-corrected chi connectivity index (χ3v) is 4.05. The van der Waals surface area contributed by atoms with E-state index in [0.29, 0.717) is 30.1 Å². The van der Waals surface area contributed by atoms with Gasteiger partial charge in [0.1, 0.15) is 0 Å². The van der Waals surface area contributed by atoms with Gasteiger partial charge in [0.2, 0.25) is 5.91 Å². The quantitative estimate of drug-likeness (QED) is 0.633. The third kappa shape index (κ3) is 5.89. The van der Waals surface area contributed by atoms with E-state index in [1.54, 1.807) is 24.3 Å². The van der Waals surface area contributed by atoms with Crippen molar-refractivity contribution >= 4 is 23.4 Å². The first-order chi connectivity index (χ1) is 12.1. The molecule has 2 rings (SSSR count). The first-order valence-electron chi connectivity index (χ1n) is 8.19. The molecule has 0 fully saturated rings. The van der Waals surface area contributed by atoms with Crippen LogP contribution in [0, 0.1) is 0 Å². The minimum Gasteiger partial charge on any atom is -0.356 e. The van der Waals surface area contributed by atoms with Crippen LogP contribution in [0.15, 0.2) is 54.6 Å². The molecule has 1 unspecified atom stereocenters. The number of nitrogens with one attached hydrogen (secondary N) is 2. The predicted molar refractivity (Wildman–Crippen MR) is 99.4 cm³/mol. The van der Waals surface area contributed by atoms with Crippen LogP contribution in [0.2, 0.25) is 5.02 Å². The summed E-state index contributed by atoms with van der Waals surface area (Å²) < 4.78 is 0. The van der Waals surface area contributed by atoms with Crippen molar-refractivity contribution in [3.8, 4) is 0 Å². The van der Waals surface area contributed by atoms with Crippen molar-refractivity contribution in [2.75, 3.05) is 13.1 Å². The third-order valence-electron chi connectivity index (χ3n) is 3.72. The van der Waals surface area contributed by atoms with Crippen LogP contribution in [0.1, 0.15) is 34.8 Å². The lowest BCUT2D eigenvalue weighted by molar-refractivity contribution is -0.121. The molecule has 2 aromatic rings. The highest BCUT2D eigenvalue weighted by molar-refractivity contribution is 6.33. The average Bonchev–Trinajstić information content (AvgIpc) is 2.62. The first-order valence-corrected chi connectivity index (χ1v) is 8.56. The standard InChI is InChI=1S/C19H22ClN3O2/c20-16-10-5-4-9-15(16)19(25)23-17(14-7-2-1-3-8-14)13-18(24)22-12-6-11-21/h1-5,7-10,17H,6,11-13,21H2,(H,22,24)(H,23,25). The van der Waals surface area contributed by atoms with Gasteiger partial charge in [-0.15, -0.1) is 0 Å². The molecule has 0 heterocycles. The summed E-state index contributed by atoms with van der Waals surface area (Å²) in [5, 5.41) is 6.09. The SMILES string of the molecule is NCCCNC(=O)CC(NC(=O)c1ccccc1Cl)c1ccccc1. The summed E-state index contributed by atoms with van der Waals surface area (Å²) in [6.07, 6.45) is 0.860. The van der Waals surface area contributed by atoms with Crippen molar-refractivity contribution in [1.29, 1.82) is 0 Å². The van der Waals surface area contributed by atoms with Gasteiger partial charge in [0.15, 0.2) is 0 Å². The normalized spacial score (nSPS) is 11.6. The summed E-state index contributed by atoms with van der Waals surface area (Å²) in [6.45, 7) is 1.04. The van der Waals surface area contributed by atoms with E-state index in [9.17, 15) is 9.59 Å². The van der Waals surface area contributed by atoms with Crippen LogP contribution in [0.5, 0.6) is 0 Å². The van der Waals surface area contributed by atoms with E-state index in [2.05, 4.69) is 10.6 Å². The monoisotopic (exact) mass is 359 g/mol. The van der Waals surface area contributed by atoms with Crippen LogP contribution in [0.3, 0.4) is 0 Å². The van der Waals surface area contributed by atoms with Gasteiger partial charge < -0.3 is 16.4 Å². The fourth-order valence-electron chi connectivity index (χ4n) is 2.41. The smallest absolute Gasteiger partial charge is 0.253 e. The molecule has 0 saturated carbocycles. The molecule has 0 spiro atoms. The van der Waals surface area contributed by atoms with Crippen LogP contribution in [-0.4, -0.2) is 24.9 Å². The Labute approximate surface area is 152 Å². The number of hydrogen-bond acceptors (Lipinski definition) is 3. The maximum atomic E-state index is 12.5. The van der Waals surface area contributed by atoms with Gasteiger partial charge in [0.05, 0.1) is 23.0 Å². The summed E-state index contributed by atoms with van der Waals surface area (Å²) >= 11 is 6.09. The fraction of sp³-hybridized carbons (Fsp3) is 0.263. The van der Waals surface area contributed by atoms with Gasteiger partial charge in [-0.05, 0) is 30.7 Å². The van der Waals surface area contributed by atoms with Crippen molar-refractivity contribution in [3.63, 3.8) is 0 Å². The Morgan fingerprint density at radius 3 is 2.40 bits per heavy atom. The molecule has 25 heavy (non-hydrogen) atoms. The summed E-state index contributed by atoms with van der Waals surface area (Å²) in [6, 6.07) is 15.8. The van der Waals surface area contributed by atoms with E-state index >= 15 is 0 Å². The number of hydrogen-bond donors (Lipinski definition) is 3. The Morgan fingerprint density at radius 1 is 1.04 bits per heavy atom. The highest BCUT2D eigenvalue weighted by Gasteiger charge is 2.20. The Balaban J connectivity index is 2.11. The summed E-state index contributed by atoms with van der Waals surface area (Å²) in [4.78, 5) is 24.7. The summed E-state index contributed by atoms with van der Waals surface area (Å²) in [5.41, 5.74) is 6.67. The largest absolute Gasteiger partial charge is 0.356 e. The van der Waals surface area contributed by atoms with Crippen molar-refractivity contribution in [3.05, 3.63) is 70.7 Å². The van der Waals surface area contributed by atoms with Crippen molar-refractivity contribution in [2.24, 2.45) is 5.73 Å². The van der Waals surface area contributed by atoms with Crippen LogP contribution in [-0.2, 0) is 4.79 Å². The molecule has 1 atom stereocenters. The summed E-state index contributed by atoms with van der Waals surface area (Å²) in [7, 11) is 0. The van der Waals surface area contributed by atoms with E-state index in [0.717, 1.165) is 5.56 Å². The highest BCUT2D eigenvalue weighted by Crippen LogP contribution is 2.20. The lowest BCUT2D eigenvalue weighted by atomic mass is 10.0. The Morgan fingerprint density at radius 2 is 1.72 bits per heavy atom. The molecule has 0 aliphatic carbocycles. The van der Waals surface area contributed by atoms with Crippen LogP contribution in [0.25, 0.3) is 0 Å². The van der Waals surface area contributed by atoms with Crippen LogP contribution < -0.4 is 16.4 Å². The van der Waals surface area contributed by atoms with Gasteiger partial charge >= 0.3 is 0 Å². The van der Waals surface area contributed by atoms with Gasteiger partial charge in [0.25, 0.3) is 5.91 Å². The molecule has 0 radical (unpaired) electrons. The zero-order valence-electron chi connectivity index (χ0n) is 13.9. The molecular weight excluding hydrogens is 338 g/mol. The molecule has 0 aliphatic heterocycles. The van der Waals surface area contributed by atoms with E-state index in [1.165, 1.54) is 0 Å². The summed E-state index contributed by atoms with van der Waals surface area (Å²) in [5.74, 6) is -0.448. The fourth-order valence-corrected chi connectivity index (χ4v) is 2.63. The Hall–Kier alpha value is -2.37. The number of carbonyl (C=O) groups excluding carboxylic acids is 2. The lowest BCUT2D eigenvalue weighted by Gasteiger charge is -2.19. The molecule has 0 saturated heterocycles. The van der Waals surface area contributed by atoms with Gasteiger partial charge in [-0.1, -0.05) is 54.1 Å². The molecule has 0 aromatic heterocycles. The maximum absolute atomic E-state index is 12.5.